The normalized spacial score (nSPS) is 16.8. The monoisotopic (exact) mass is 384 g/mol. The first-order chi connectivity index (χ1) is 13.9. The number of ketones is 1. The summed E-state index contributed by atoms with van der Waals surface area (Å²) in [6.07, 6.45) is 3.57. The Bertz CT molecular complexity index is 1020. The van der Waals surface area contributed by atoms with Crippen molar-refractivity contribution in [1.29, 1.82) is 0 Å². The van der Waals surface area contributed by atoms with Crippen LogP contribution in [0.2, 0.25) is 0 Å². The highest BCUT2D eigenvalue weighted by Gasteiger charge is 2.22. The van der Waals surface area contributed by atoms with Crippen molar-refractivity contribution < 1.29 is 4.79 Å². The Balaban J connectivity index is 1.44. The molecule has 1 aliphatic heterocycles. The maximum absolute atomic E-state index is 12.9. The molecule has 3 heteroatoms. The molecule has 3 aromatic rings. The van der Waals surface area contributed by atoms with Crippen LogP contribution in [0.3, 0.4) is 0 Å². The summed E-state index contributed by atoms with van der Waals surface area (Å²) in [5, 5.41) is 3.42. The van der Waals surface area contributed by atoms with Crippen LogP contribution in [0.5, 0.6) is 0 Å². The van der Waals surface area contributed by atoms with Gasteiger partial charge in [0.2, 0.25) is 0 Å². The topological polar surface area (TPSA) is 44.9 Å². The molecule has 0 spiro atoms. The quantitative estimate of drug-likeness (QED) is 0.528. The molecule has 1 unspecified atom stereocenters. The highest BCUT2D eigenvalue weighted by molar-refractivity contribution is 6.08. The standard InChI is InChI=1S/C26H28N2O/c1-26(2,3)21-12-9-19(10-13-21)25(29)20-11-14-23(27-17-20)24-16-15-22(28-24)18-7-5-4-6-8-18/h4-10,12-13,15-17,23,27-28H,11,14H2,1-3H3. The lowest BCUT2D eigenvalue weighted by atomic mass is 9.86. The maximum atomic E-state index is 12.9. The van der Waals surface area contributed by atoms with Gasteiger partial charge in [-0.2, -0.15) is 0 Å². The van der Waals surface area contributed by atoms with Crippen LogP contribution in [-0.4, -0.2) is 10.8 Å². The van der Waals surface area contributed by atoms with E-state index in [0.29, 0.717) is 0 Å². The van der Waals surface area contributed by atoms with Crippen LogP contribution in [0, 0.1) is 0 Å². The molecule has 0 radical (unpaired) electrons. The van der Waals surface area contributed by atoms with Gasteiger partial charge in [0.05, 0.1) is 6.04 Å². The number of hydrogen-bond acceptors (Lipinski definition) is 2. The highest BCUT2D eigenvalue weighted by Crippen LogP contribution is 2.29. The number of rotatable bonds is 4. The smallest absolute Gasteiger partial charge is 0.190 e. The van der Waals surface area contributed by atoms with Crippen molar-refractivity contribution in [2.75, 3.05) is 0 Å². The lowest BCUT2D eigenvalue weighted by Gasteiger charge is -2.23. The number of nitrogens with one attached hydrogen (secondary N) is 2. The van der Waals surface area contributed by atoms with E-state index in [0.717, 1.165) is 35.4 Å². The number of aromatic nitrogens is 1. The first kappa shape index (κ1) is 19.3. The summed E-state index contributed by atoms with van der Waals surface area (Å²) in [6.45, 7) is 6.55. The zero-order valence-electron chi connectivity index (χ0n) is 17.3. The lowest BCUT2D eigenvalue weighted by Crippen LogP contribution is -2.23. The van der Waals surface area contributed by atoms with E-state index < -0.39 is 0 Å². The largest absolute Gasteiger partial charge is 0.382 e. The number of carbonyl (C=O) groups is 1. The molecule has 148 valence electrons. The van der Waals surface area contributed by atoms with Gasteiger partial charge in [-0.3, -0.25) is 4.79 Å². The Morgan fingerprint density at radius 2 is 1.66 bits per heavy atom. The summed E-state index contributed by atoms with van der Waals surface area (Å²) >= 11 is 0. The van der Waals surface area contributed by atoms with Gasteiger partial charge in [-0.25, -0.2) is 0 Å². The summed E-state index contributed by atoms with van der Waals surface area (Å²) in [4.78, 5) is 16.4. The van der Waals surface area contributed by atoms with E-state index in [9.17, 15) is 4.79 Å². The van der Waals surface area contributed by atoms with Crippen molar-refractivity contribution >= 4 is 5.78 Å². The molecule has 0 amide bonds. The summed E-state index contributed by atoms with van der Waals surface area (Å²) in [6, 6.07) is 22.8. The van der Waals surface area contributed by atoms with Gasteiger partial charge >= 0.3 is 0 Å². The molecule has 4 rings (SSSR count). The van der Waals surface area contributed by atoms with Crippen LogP contribution in [0.15, 0.2) is 78.5 Å². The van der Waals surface area contributed by atoms with Crippen molar-refractivity contribution in [3.63, 3.8) is 0 Å². The molecule has 1 atom stereocenters. The predicted molar refractivity (Wildman–Crippen MR) is 119 cm³/mol. The molecule has 2 N–H and O–H groups in total. The predicted octanol–water partition coefficient (Wildman–Crippen LogP) is 6.17. The molecule has 0 saturated carbocycles. The summed E-state index contributed by atoms with van der Waals surface area (Å²) < 4.78 is 0. The van der Waals surface area contributed by atoms with E-state index >= 15 is 0 Å². The van der Waals surface area contributed by atoms with Crippen molar-refractivity contribution in [3.8, 4) is 11.3 Å². The van der Waals surface area contributed by atoms with E-state index in [1.807, 2.05) is 36.5 Å². The number of Topliss-reactive ketones (excluding diaryl/α,β-unsaturated/α-hetero) is 1. The van der Waals surface area contributed by atoms with Crippen LogP contribution in [0.25, 0.3) is 11.3 Å². The Kier molecular flexibility index (Phi) is 5.14. The number of carbonyl (C=O) groups excluding carboxylic acids is 1. The second-order valence-corrected chi connectivity index (χ2v) is 8.78. The van der Waals surface area contributed by atoms with Gasteiger partial charge in [0.15, 0.2) is 5.78 Å². The number of allylic oxidation sites excluding steroid dienone is 1. The number of hydrogen-bond donors (Lipinski definition) is 2. The second kappa shape index (κ2) is 7.75. The first-order valence-corrected chi connectivity index (χ1v) is 10.3. The molecule has 1 aliphatic rings. The molecular weight excluding hydrogens is 356 g/mol. The molecule has 0 bridgehead atoms. The molecule has 29 heavy (non-hydrogen) atoms. The molecule has 2 heterocycles. The third-order valence-electron chi connectivity index (χ3n) is 5.63. The minimum Gasteiger partial charge on any atom is -0.382 e. The van der Waals surface area contributed by atoms with Gasteiger partial charge in [0, 0.05) is 28.7 Å². The van der Waals surface area contributed by atoms with Crippen molar-refractivity contribution in [2.45, 2.75) is 45.1 Å². The lowest BCUT2D eigenvalue weighted by molar-refractivity contribution is 0.102. The van der Waals surface area contributed by atoms with Gasteiger partial charge in [0.1, 0.15) is 0 Å². The zero-order valence-corrected chi connectivity index (χ0v) is 17.3. The maximum Gasteiger partial charge on any atom is 0.190 e. The van der Waals surface area contributed by atoms with E-state index in [4.69, 9.17) is 0 Å². The van der Waals surface area contributed by atoms with E-state index in [1.165, 1.54) is 11.1 Å². The Hall–Kier alpha value is -3.07. The minimum absolute atomic E-state index is 0.0924. The van der Waals surface area contributed by atoms with Gasteiger partial charge in [-0.15, -0.1) is 0 Å². The SMILES string of the molecule is CC(C)(C)c1ccc(C(=O)C2=CNC(c3ccc(-c4ccccc4)[nH]3)CC2)cc1. The van der Waals surface area contributed by atoms with Crippen LogP contribution in [0.1, 0.15) is 61.3 Å². The fourth-order valence-electron chi connectivity index (χ4n) is 3.79. The molecule has 0 saturated heterocycles. The zero-order chi connectivity index (χ0) is 20.4. The highest BCUT2D eigenvalue weighted by atomic mass is 16.1. The minimum atomic E-state index is 0.0924. The van der Waals surface area contributed by atoms with E-state index in [-0.39, 0.29) is 17.2 Å². The number of aromatic amines is 1. The van der Waals surface area contributed by atoms with E-state index in [1.54, 1.807) is 0 Å². The van der Waals surface area contributed by atoms with Gasteiger partial charge < -0.3 is 10.3 Å². The third kappa shape index (κ3) is 4.19. The second-order valence-electron chi connectivity index (χ2n) is 8.78. The third-order valence-corrected chi connectivity index (χ3v) is 5.63. The van der Waals surface area contributed by atoms with Gasteiger partial charge in [-0.1, -0.05) is 75.4 Å². The van der Waals surface area contributed by atoms with Crippen molar-refractivity contribution in [2.24, 2.45) is 0 Å². The fraction of sp³-hybridized carbons (Fsp3) is 0.269. The molecule has 1 aromatic heterocycles. The van der Waals surface area contributed by atoms with Crippen molar-refractivity contribution in [3.05, 3.63) is 95.3 Å². The molecule has 0 aliphatic carbocycles. The Morgan fingerprint density at radius 3 is 2.28 bits per heavy atom. The molecule has 2 aromatic carbocycles. The van der Waals surface area contributed by atoms with Gasteiger partial charge in [0.25, 0.3) is 0 Å². The molecule has 0 fully saturated rings. The Labute approximate surface area is 172 Å². The summed E-state index contributed by atoms with van der Waals surface area (Å²) in [7, 11) is 0. The molecular formula is C26H28N2O. The van der Waals surface area contributed by atoms with Crippen molar-refractivity contribution in [1.82, 2.24) is 10.3 Å². The average Bonchev–Trinajstić information content (AvgIpc) is 3.24. The molecule has 3 nitrogen and oxygen atoms in total. The first-order valence-electron chi connectivity index (χ1n) is 10.3. The van der Waals surface area contributed by atoms with Crippen LogP contribution in [-0.2, 0) is 5.41 Å². The number of H-pyrrole nitrogens is 1. The van der Waals surface area contributed by atoms with Crippen LogP contribution in [0.4, 0.5) is 0 Å². The number of benzene rings is 2. The summed E-state index contributed by atoms with van der Waals surface area (Å²) in [5.41, 5.74) is 6.39. The van der Waals surface area contributed by atoms with Crippen LogP contribution >= 0.6 is 0 Å². The van der Waals surface area contributed by atoms with Crippen LogP contribution < -0.4 is 5.32 Å². The fourth-order valence-corrected chi connectivity index (χ4v) is 3.79. The van der Waals surface area contributed by atoms with E-state index in [2.05, 4.69) is 67.5 Å². The summed E-state index contributed by atoms with van der Waals surface area (Å²) in [5.74, 6) is 0.118. The van der Waals surface area contributed by atoms with Gasteiger partial charge in [-0.05, 0) is 41.5 Å². The average molecular weight is 385 g/mol. The Morgan fingerprint density at radius 1 is 0.931 bits per heavy atom.